The second-order valence-electron chi connectivity index (χ2n) is 6.51. The first-order chi connectivity index (χ1) is 10.7. The minimum Gasteiger partial charge on any atom is -0.317 e. The molecule has 2 saturated heterocycles. The Morgan fingerprint density at radius 3 is 2.43 bits per heavy atom. The quantitative estimate of drug-likeness (QED) is 0.829. The molecule has 1 aromatic carbocycles. The predicted octanol–water partition coefficient (Wildman–Crippen LogP) is 3.13. The van der Waals surface area contributed by atoms with Crippen LogP contribution in [0.15, 0.2) is 22.7 Å². The van der Waals surface area contributed by atoms with E-state index in [-0.39, 0.29) is 18.2 Å². The van der Waals surface area contributed by atoms with Crippen molar-refractivity contribution in [1.29, 1.82) is 0 Å². The van der Waals surface area contributed by atoms with E-state index in [1.165, 1.54) is 32.5 Å². The maximum absolute atomic E-state index is 13.8. The molecule has 2 fully saturated rings. The summed E-state index contributed by atoms with van der Waals surface area (Å²) >= 11 is 3.43. The summed E-state index contributed by atoms with van der Waals surface area (Å²) in [7, 11) is 0. The highest BCUT2D eigenvalue weighted by Gasteiger charge is 2.21. The lowest BCUT2D eigenvalue weighted by atomic mass is 9.97. The molecule has 6 heteroatoms. The fraction of sp³-hybridized carbons (Fsp3) is 0.647. The van der Waals surface area contributed by atoms with E-state index in [4.69, 9.17) is 0 Å². The van der Waals surface area contributed by atoms with Gasteiger partial charge in [-0.15, -0.1) is 12.4 Å². The first-order valence-corrected chi connectivity index (χ1v) is 9.09. The van der Waals surface area contributed by atoms with Crippen LogP contribution >= 0.6 is 28.3 Å². The minimum atomic E-state index is -0.0969. The summed E-state index contributed by atoms with van der Waals surface area (Å²) in [6, 6.07) is 5.21. The van der Waals surface area contributed by atoms with Crippen LogP contribution in [0.1, 0.15) is 18.4 Å². The molecule has 0 bridgehead atoms. The third-order valence-electron chi connectivity index (χ3n) is 4.84. The standard InChI is InChI=1S/C17H25BrFN3.ClH/c18-16-1-2-17(19)15(11-16)13-22-9-7-21(8-10-22)12-14-3-5-20-6-4-14;/h1-2,11,14,20H,3-10,12-13H2;1H. The number of piperazine rings is 1. The van der Waals surface area contributed by atoms with E-state index in [2.05, 4.69) is 31.0 Å². The van der Waals surface area contributed by atoms with Crippen LogP contribution in [0.2, 0.25) is 0 Å². The number of halogens is 3. The Balaban J connectivity index is 0.00000192. The lowest BCUT2D eigenvalue weighted by Crippen LogP contribution is -2.48. The molecule has 2 aliphatic heterocycles. The predicted molar refractivity (Wildman–Crippen MR) is 98.7 cm³/mol. The molecular formula is C17H26BrClFN3. The van der Waals surface area contributed by atoms with E-state index in [0.29, 0.717) is 6.54 Å². The number of benzene rings is 1. The van der Waals surface area contributed by atoms with Gasteiger partial charge in [-0.05, 0) is 50.0 Å². The van der Waals surface area contributed by atoms with Gasteiger partial charge in [0, 0.05) is 49.3 Å². The van der Waals surface area contributed by atoms with Crippen molar-refractivity contribution in [3.8, 4) is 0 Å². The Morgan fingerprint density at radius 2 is 1.74 bits per heavy atom. The van der Waals surface area contributed by atoms with E-state index < -0.39 is 0 Å². The van der Waals surface area contributed by atoms with Gasteiger partial charge in [-0.2, -0.15) is 0 Å². The third kappa shape index (κ3) is 5.68. The molecule has 3 rings (SSSR count). The van der Waals surface area contributed by atoms with Crippen molar-refractivity contribution < 1.29 is 4.39 Å². The highest BCUT2D eigenvalue weighted by atomic mass is 79.9. The molecule has 1 aromatic rings. The average Bonchev–Trinajstić information content (AvgIpc) is 2.54. The van der Waals surface area contributed by atoms with Crippen LogP contribution in [-0.2, 0) is 6.54 Å². The molecule has 0 spiro atoms. The van der Waals surface area contributed by atoms with Crippen molar-refractivity contribution >= 4 is 28.3 Å². The van der Waals surface area contributed by atoms with Gasteiger partial charge in [-0.25, -0.2) is 4.39 Å². The molecule has 0 aliphatic carbocycles. The zero-order valence-electron chi connectivity index (χ0n) is 13.4. The summed E-state index contributed by atoms with van der Waals surface area (Å²) in [4.78, 5) is 4.95. The van der Waals surface area contributed by atoms with Gasteiger partial charge in [0.2, 0.25) is 0 Å². The molecular weight excluding hydrogens is 381 g/mol. The maximum atomic E-state index is 13.8. The highest BCUT2D eigenvalue weighted by Crippen LogP contribution is 2.19. The van der Waals surface area contributed by atoms with E-state index in [1.807, 2.05) is 6.07 Å². The van der Waals surface area contributed by atoms with E-state index in [1.54, 1.807) is 12.1 Å². The third-order valence-corrected chi connectivity index (χ3v) is 5.34. The summed E-state index contributed by atoms with van der Waals surface area (Å²) in [6.45, 7) is 8.60. The van der Waals surface area contributed by atoms with Crippen LogP contribution in [0.4, 0.5) is 4.39 Å². The zero-order chi connectivity index (χ0) is 15.4. The summed E-state index contributed by atoms with van der Waals surface area (Å²) in [6.07, 6.45) is 2.62. The number of piperidine rings is 1. The van der Waals surface area contributed by atoms with E-state index in [9.17, 15) is 4.39 Å². The second kappa shape index (κ2) is 9.33. The lowest BCUT2D eigenvalue weighted by molar-refractivity contribution is 0.106. The highest BCUT2D eigenvalue weighted by molar-refractivity contribution is 9.10. The van der Waals surface area contributed by atoms with Gasteiger partial charge in [0.25, 0.3) is 0 Å². The maximum Gasteiger partial charge on any atom is 0.127 e. The average molecular weight is 407 g/mol. The van der Waals surface area contributed by atoms with Gasteiger partial charge < -0.3 is 10.2 Å². The second-order valence-corrected chi connectivity index (χ2v) is 7.42. The fourth-order valence-corrected chi connectivity index (χ4v) is 3.87. The largest absolute Gasteiger partial charge is 0.317 e. The topological polar surface area (TPSA) is 18.5 Å². The van der Waals surface area contributed by atoms with Crippen LogP contribution < -0.4 is 5.32 Å². The van der Waals surface area contributed by atoms with E-state index >= 15 is 0 Å². The van der Waals surface area contributed by atoms with Gasteiger partial charge in [0.1, 0.15) is 5.82 Å². The van der Waals surface area contributed by atoms with E-state index in [0.717, 1.165) is 42.1 Å². The van der Waals surface area contributed by atoms with Gasteiger partial charge in [-0.1, -0.05) is 15.9 Å². The van der Waals surface area contributed by atoms with Crippen LogP contribution in [-0.4, -0.2) is 55.6 Å². The Morgan fingerprint density at radius 1 is 1.09 bits per heavy atom. The number of nitrogens with one attached hydrogen (secondary N) is 1. The molecule has 0 radical (unpaired) electrons. The number of hydrogen-bond acceptors (Lipinski definition) is 3. The van der Waals surface area contributed by atoms with Crippen molar-refractivity contribution in [2.75, 3.05) is 45.8 Å². The van der Waals surface area contributed by atoms with Crippen molar-refractivity contribution in [2.24, 2.45) is 5.92 Å². The van der Waals surface area contributed by atoms with Crippen molar-refractivity contribution in [2.45, 2.75) is 19.4 Å². The summed E-state index contributed by atoms with van der Waals surface area (Å²) in [5, 5.41) is 3.43. The number of hydrogen-bond donors (Lipinski definition) is 1. The molecule has 0 saturated carbocycles. The van der Waals surface area contributed by atoms with Crippen molar-refractivity contribution in [1.82, 2.24) is 15.1 Å². The molecule has 23 heavy (non-hydrogen) atoms. The molecule has 0 atom stereocenters. The SMILES string of the molecule is Cl.Fc1ccc(Br)cc1CN1CCN(CC2CCNCC2)CC1. The van der Waals surface area contributed by atoms with Crippen LogP contribution in [0.25, 0.3) is 0 Å². The zero-order valence-corrected chi connectivity index (χ0v) is 15.8. The van der Waals surface area contributed by atoms with Crippen LogP contribution in [0.5, 0.6) is 0 Å². The summed E-state index contributed by atoms with van der Waals surface area (Å²) in [5.41, 5.74) is 0.793. The minimum absolute atomic E-state index is 0. The van der Waals surface area contributed by atoms with Crippen LogP contribution in [0, 0.1) is 11.7 Å². The Labute approximate surface area is 153 Å². The van der Waals surface area contributed by atoms with Crippen molar-refractivity contribution in [3.63, 3.8) is 0 Å². The lowest BCUT2D eigenvalue weighted by Gasteiger charge is -2.37. The molecule has 1 N–H and O–H groups in total. The molecule has 2 heterocycles. The van der Waals surface area contributed by atoms with Gasteiger partial charge in [0.15, 0.2) is 0 Å². The summed E-state index contributed by atoms with van der Waals surface area (Å²) in [5.74, 6) is 0.760. The normalized spacial score (nSPS) is 21.1. The van der Waals surface area contributed by atoms with Gasteiger partial charge >= 0.3 is 0 Å². The smallest absolute Gasteiger partial charge is 0.127 e. The molecule has 130 valence electrons. The molecule has 0 aromatic heterocycles. The monoisotopic (exact) mass is 405 g/mol. The number of nitrogens with zero attached hydrogens (tertiary/aromatic N) is 2. The van der Waals surface area contributed by atoms with Gasteiger partial charge in [0.05, 0.1) is 0 Å². The Kier molecular flexibility index (Phi) is 7.76. The Bertz CT molecular complexity index is 489. The van der Waals surface area contributed by atoms with Crippen molar-refractivity contribution in [3.05, 3.63) is 34.1 Å². The van der Waals surface area contributed by atoms with Gasteiger partial charge in [-0.3, -0.25) is 4.90 Å². The number of rotatable bonds is 4. The Hall–Kier alpha value is -0.200. The molecule has 3 nitrogen and oxygen atoms in total. The molecule has 0 amide bonds. The fourth-order valence-electron chi connectivity index (χ4n) is 3.46. The first-order valence-electron chi connectivity index (χ1n) is 8.30. The summed E-state index contributed by atoms with van der Waals surface area (Å²) < 4.78 is 14.8. The molecule has 2 aliphatic rings. The first kappa shape index (κ1) is 19.1. The van der Waals surface area contributed by atoms with Crippen LogP contribution in [0.3, 0.4) is 0 Å². The molecule has 0 unspecified atom stereocenters.